The molecule has 0 aromatic heterocycles. The lowest BCUT2D eigenvalue weighted by molar-refractivity contribution is -0.148. The second kappa shape index (κ2) is 5.69. The third-order valence-corrected chi connectivity index (χ3v) is 5.54. The summed E-state index contributed by atoms with van der Waals surface area (Å²) in [6, 6.07) is -0.528. The number of carboxylic acids is 1. The lowest BCUT2D eigenvalue weighted by Gasteiger charge is -2.28. The number of carbonyl (C=O) groups is 2. The normalized spacial score (nSPS) is 32.1. The Hall–Kier alpha value is -1.15. The number of hydrogen-bond acceptors (Lipinski definition) is 5. The van der Waals surface area contributed by atoms with Crippen LogP contribution in [0.1, 0.15) is 19.8 Å². The van der Waals surface area contributed by atoms with E-state index in [1.54, 1.807) is 0 Å². The molecule has 1 N–H and O–H groups in total. The average Bonchev–Trinajstić information content (AvgIpc) is 2.91. The summed E-state index contributed by atoms with van der Waals surface area (Å²) in [6.07, 6.45) is 0.835. The van der Waals surface area contributed by atoms with Crippen LogP contribution in [0.15, 0.2) is 0 Å². The Bertz CT molecular complexity index is 502. The molecule has 2 rings (SSSR count). The molecule has 8 heteroatoms. The fourth-order valence-corrected chi connectivity index (χ4v) is 4.51. The zero-order valence-corrected chi connectivity index (χ0v) is 12.1. The van der Waals surface area contributed by atoms with Gasteiger partial charge >= 0.3 is 5.97 Å². The number of ether oxygens (including phenoxy) is 1. The number of sulfone groups is 1. The predicted octanol–water partition coefficient (Wildman–Crippen LogP) is -0.488. The molecule has 0 aromatic rings. The Labute approximate surface area is 117 Å². The van der Waals surface area contributed by atoms with Crippen molar-refractivity contribution in [3.8, 4) is 0 Å². The monoisotopic (exact) mass is 305 g/mol. The Morgan fingerprint density at radius 2 is 2.10 bits per heavy atom. The molecule has 0 bridgehead atoms. The zero-order chi connectivity index (χ0) is 14.9. The molecule has 0 aliphatic carbocycles. The molecule has 0 spiro atoms. The van der Waals surface area contributed by atoms with Crippen LogP contribution >= 0.6 is 0 Å². The third kappa shape index (κ3) is 3.49. The highest BCUT2D eigenvalue weighted by molar-refractivity contribution is 7.91. The summed E-state index contributed by atoms with van der Waals surface area (Å²) in [4.78, 5) is 24.6. The summed E-state index contributed by atoms with van der Waals surface area (Å²) in [7, 11) is -3.16. The second-order valence-electron chi connectivity index (χ2n) is 5.49. The van der Waals surface area contributed by atoms with Crippen molar-refractivity contribution in [3.05, 3.63) is 0 Å². The van der Waals surface area contributed by atoms with Crippen molar-refractivity contribution in [2.45, 2.75) is 31.9 Å². The first-order valence-electron chi connectivity index (χ1n) is 6.63. The lowest BCUT2D eigenvalue weighted by atomic mass is 10.0. The van der Waals surface area contributed by atoms with Crippen LogP contribution in [0.3, 0.4) is 0 Å². The predicted molar refractivity (Wildman–Crippen MR) is 69.9 cm³/mol. The highest BCUT2D eigenvalue weighted by atomic mass is 32.2. The Balaban J connectivity index is 2.11. The second-order valence-corrected chi connectivity index (χ2v) is 7.72. The van der Waals surface area contributed by atoms with E-state index in [4.69, 9.17) is 9.84 Å². The fraction of sp³-hybridized carbons (Fsp3) is 0.833. The van der Waals surface area contributed by atoms with E-state index in [1.165, 1.54) is 4.90 Å². The van der Waals surface area contributed by atoms with Gasteiger partial charge in [-0.25, -0.2) is 8.42 Å². The highest BCUT2D eigenvalue weighted by Gasteiger charge is 2.39. The molecule has 20 heavy (non-hydrogen) atoms. The minimum absolute atomic E-state index is 0.0125. The van der Waals surface area contributed by atoms with Gasteiger partial charge in [-0.2, -0.15) is 0 Å². The summed E-state index contributed by atoms with van der Waals surface area (Å²) < 4.78 is 28.4. The quantitative estimate of drug-likeness (QED) is 0.752. The summed E-state index contributed by atoms with van der Waals surface area (Å²) in [6.45, 7) is 1.67. The van der Waals surface area contributed by atoms with Crippen LogP contribution in [0.4, 0.5) is 0 Å². The number of amides is 1. The Kier molecular flexibility index (Phi) is 4.33. The van der Waals surface area contributed by atoms with Crippen molar-refractivity contribution in [1.29, 1.82) is 0 Å². The SMILES string of the molecule is CC1CC(C(=O)N(CC(=O)O)C2CCS(=O)(=O)C2)CO1. The molecule has 3 atom stereocenters. The largest absolute Gasteiger partial charge is 0.480 e. The minimum Gasteiger partial charge on any atom is -0.480 e. The van der Waals surface area contributed by atoms with Crippen LogP contribution in [0, 0.1) is 5.92 Å². The maximum absolute atomic E-state index is 12.4. The summed E-state index contributed by atoms with van der Waals surface area (Å²) in [5.74, 6) is -1.94. The van der Waals surface area contributed by atoms with Crippen molar-refractivity contribution in [2.24, 2.45) is 5.92 Å². The van der Waals surface area contributed by atoms with E-state index in [9.17, 15) is 18.0 Å². The van der Waals surface area contributed by atoms with Gasteiger partial charge in [0, 0.05) is 6.04 Å². The number of carbonyl (C=O) groups excluding carboxylic acids is 1. The van der Waals surface area contributed by atoms with Gasteiger partial charge < -0.3 is 14.7 Å². The van der Waals surface area contributed by atoms with E-state index < -0.39 is 28.4 Å². The van der Waals surface area contributed by atoms with Crippen LogP contribution < -0.4 is 0 Å². The zero-order valence-electron chi connectivity index (χ0n) is 11.3. The number of nitrogens with zero attached hydrogens (tertiary/aromatic N) is 1. The molecule has 0 radical (unpaired) electrons. The summed E-state index contributed by atoms with van der Waals surface area (Å²) in [5, 5.41) is 8.94. The number of rotatable bonds is 4. The van der Waals surface area contributed by atoms with E-state index in [-0.39, 0.29) is 36.0 Å². The standard InChI is InChI=1S/C12H19NO6S/c1-8-4-9(6-19-8)12(16)13(5-11(14)15)10-2-3-20(17,18)7-10/h8-10H,2-7H2,1H3,(H,14,15). The first kappa shape index (κ1) is 15.2. The fourth-order valence-electron chi connectivity index (χ4n) is 2.78. The van der Waals surface area contributed by atoms with Gasteiger partial charge in [0.2, 0.25) is 5.91 Å². The van der Waals surface area contributed by atoms with Gasteiger partial charge in [0.05, 0.1) is 30.1 Å². The van der Waals surface area contributed by atoms with E-state index in [0.29, 0.717) is 12.8 Å². The van der Waals surface area contributed by atoms with E-state index in [2.05, 4.69) is 0 Å². The van der Waals surface area contributed by atoms with Crippen LogP contribution in [-0.4, -0.2) is 67.1 Å². The molecule has 2 heterocycles. The lowest BCUT2D eigenvalue weighted by Crippen LogP contribution is -2.47. The van der Waals surface area contributed by atoms with Crippen LogP contribution in [-0.2, 0) is 24.2 Å². The number of carboxylic acid groups (broad SMARTS) is 1. The molecule has 0 saturated carbocycles. The molecule has 2 aliphatic rings. The Morgan fingerprint density at radius 1 is 1.40 bits per heavy atom. The van der Waals surface area contributed by atoms with Crippen molar-refractivity contribution in [2.75, 3.05) is 24.7 Å². The van der Waals surface area contributed by atoms with Crippen molar-refractivity contribution < 1.29 is 27.9 Å². The van der Waals surface area contributed by atoms with E-state index in [0.717, 1.165) is 0 Å². The van der Waals surface area contributed by atoms with Crippen molar-refractivity contribution in [1.82, 2.24) is 4.90 Å². The molecule has 0 aromatic carbocycles. The number of hydrogen-bond donors (Lipinski definition) is 1. The minimum atomic E-state index is -3.16. The average molecular weight is 305 g/mol. The molecule has 1 amide bonds. The molecule has 2 saturated heterocycles. The topological polar surface area (TPSA) is 101 Å². The molecule has 2 fully saturated rings. The maximum atomic E-state index is 12.4. The van der Waals surface area contributed by atoms with Crippen LogP contribution in [0.2, 0.25) is 0 Å². The molecule has 2 aliphatic heterocycles. The van der Waals surface area contributed by atoms with Gasteiger partial charge in [-0.15, -0.1) is 0 Å². The maximum Gasteiger partial charge on any atom is 0.323 e. The van der Waals surface area contributed by atoms with Gasteiger partial charge in [-0.1, -0.05) is 0 Å². The molecular formula is C12H19NO6S. The van der Waals surface area contributed by atoms with Crippen molar-refractivity contribution in [3.63, 3.8) is 0 Å². The first-order chi connectivity index (χ1) is 9.28. The molecule has 114 valence electrons. The van der Waals surface area contributed by atoms with Gasteiger partial charge in [0.1, 0.15) is 6.54 Å². The van der Waals surface area contributed by atoms with Crippen LogP contribution in [0.5, 0.6) is 0 Å². The van der Waals surface area contributed by atoms with Crippen molar-refractivity contribution >= 4 is 21.7 Å². The van der Waals surface area contributed by atoms with Gasteiger partial charge in [-0.05, 0) is 19.8 Å². The van der Waals surface area contributed by atoms with E-state index >= 15 is 0 Å². The highest BCUT2D eigenvalue weighted by Crippen LogP contribution is 2.25. The molecule has 7 nitrogen and oxygen atoms in total. The summed E-state index contributed by atoms with van der Waals surface area (Å²) >= 11 is 0. The first-order valence-corrected chi connectivity index (χ1v) is 8.45. The van der Waals surface area contributed by atoms with Gasteiger partial charge in [0.25, 0.3) is 0 Å². The molecular weight excluding hydrogens is 286 g/mol. The number of aliphatic carboxylic acids is 1. The Morgan fingerprint density at radius 3 is 2.55 bits per heavy atom. The van der Waals surface area contributed by atoms with Gasteiger partial charge in [-0.3, -0.25) is 9.59 Å². The van der Waals surface area contributed by atoms with Gasteiger partial charge in [0.15, 0.2) is 9.84 Å². The summed E-state index contributed by atoms with van der Waals surface area (Å²) in [5.41, 5.74) is 0. The smallest absolute Gasteiger partial charge is 0.323 e. The third-order valence-electron chi connectivity index (χ3n) is 3.79. The van der Waals surface area contributed by atoms with E-state index in [1.807, 2.05) is 6.92 Å². The molecule has 3 unspecified atom stereocenters. The van der Waals surface area contributed by atoms with Crippen LogP contribution in [0.25, 0.3) is 0 Å².